The molecule has 1 aromatic heterocycles. The smallest absolute Gasteiger partial charge is 0.313 e. The molecule has 1 rings (SSSR count). The maximum Gasteiger partial charge on any atom is 0.313 e. The summed E-state index contributed by atoms with van der Waals surface area (Å²) in [6, 6.07) is 0. The summed E-state index contributed by atoms with van der Waals surface area (Å²) < 4.78 is 1.83. The summed E-state index contributed by atoms with van der Waals surface area (Å²) in [5.74, 6) is -0.749. The Morgan fingerprint density at radius 3 is 3.00 bits per heavy atom. The molecule has 66 valence electrons. The summed E-state index contributed by atoms with van der Waals surface area (Å²) in [7, 11) is 0. The van der Waals surface area contributed by atoms with Gasteiger partial charge < -0.3 is 9.67 Å². The van der Waals surface area contributed by atoms with Gasteiger partial charge in [-0.1, -0.05) is 0 Å². The predicted molar refractivity (Wildman–Crippen MR) is 44.0 cm³/mol. The summed E-state index contributed by atoms with van der Waals surface area (Å²) in [5, 5.41) is 8.72. The van der Waals surface area contributed by atoms with Crippen molar-refractivity contribution in [3.63, 3.8) is 0 Å². The van der Waals surface area contributed by atoms with Crippen molar-refractivity contribution in [2.75, 3.05) is 0 Å². The molecule has 0 saturated carbocycles. The quantitative estimate of drug-likeness (QED) is 0.735. The second kappa shape index (κ2) is 3.38. The van der Waals surface area contributed by atoms with E-state index < -0.39 is 11.9 Å². The molecule has 0 saturated heterocycles. The topological polar surface area (TPSA) is 55.1 Å². The van der Waals surface area contributed by atoms with E-state index in [9.17, 15) is 4.79 Å². The fourth-order valence-corrected chi connectivity index (χ4v) is 1.08. The minimum Gasteiger partial charge on any atom is -0.481 e. The zero-order valence-electron chi connectivity index (χ0n) is 7.19. The Kier molecular flexibility index (Phi) is 2.47. The first-order chi connectivity index (χ1) is 5.66. The first kappa shape index (κ1) is 8.77. The van der Waals surface area contributed by atoms with E-state index in [2.05, 4.69) is 4.98 Å². The lowest BCUT2D eigenvalue weighted by Crippen LogP contribution is -2.13. The molecule has 0 aliphatic carbocycles. The van der Waals surface area contributed by atoms with Crippen LogP contribution in [-0.4, -0.2) is 20.6 Å². The van der Waals surface area contributed by atoms with Crippen LogP contribution in [0.5, 0.6) is 0 Å². The van der Waals surface area contributed by atoms with E-state index in [0.29, 0.717) is 5.82 Å². The second-order valence-electron chi connectivity index (χ2n) is 2.63. The fourth-order valence-electron chi connectivity index (χ4n) is 1.08. The Bertz CT molecular complexity index is 280. The van der Waals surface area contributed by atoms with E-state index >= 15 is 0 Å². The third kappa shape index (κ3) is 1.47. The molecule has 1 aromatic rings. The fraction of sp³-hybridized carbons (Fsp3) is 0.500. The van der Waals surface area contributed by atoms with Gasteiger partial charge in [-0.25, -0.2) is 4.98 Å². The number of rotatable bonds is 3. The van der Waals surface area contributed by atoms with Gasteiger partial charge in [0.05, 0.1) is 0 Å². The van der Waals surface area contributed by atoms with Gasteiger partial charge >= 0.3 is 5.97 Å². The van der Waals surface area contributed by atoms with Crippen LogP contribution in [0, 0.1) is 0 Å². The average molecular weight is 168 g/mol. The molecule has 1 unspecified atom stereocenters. The first-order valence-corrected chi connectivity index (χ1v) is 3.90. The SMILES string of the molecule is CCn1ccnc1C(C)C(=O)O. The molecular formula is C8H12N2O2. The predicted octanol–water partition coefficient (Wildman–Crippen LogP) is 1.09. The lowest BCUT2D eigenvalue weighted by molar-refractivity contribution is -0.138. The largest absolute Gasteiger partial charge is 0.481 e. The van der Waals surface area contributed by atoms with Gasteiger partial charge in [0.25, 0.3) is 0 Å². The molecule has 0 aromatic carbocycles. The molecule has 0 fully saturated rings. The van der Waals surface area contributed by atoms with Crippen LogP contribution in [0.2, 0.25) is 0 Å². The number of aromatic nitrogens is 2. The van der Waals surface area contributed by atoms with Gasteiger partial charge in [0.2, 0.25) is 0 Å². The molecule has 4 heteroatoms. The van der Waals surface area contributed by atoms with Crippen molar-refractivity contribution in [2.24, 2.45) is 0 Å². The molecule has 1 heterocycles. The summed E-state index contributed by atoms with van der Waals surface area (Å²) in [4.78, 5) is 14.6. The van der Waals surface area contributed by atoms with Crippen LogP contribution in [0.15, 0.2) is 12.4 Å². The van der Waals surface area contributed by atoms with Gasteiger partial charge in [-0.05, 0) is 13.8 Å². The number of carbonyl (C=O) groups is 1. The Labute approximate surface area is 70.9 Å². The highest BCUT2D eigenvalue weighted by molar-refractivity contribution is 5.74. The lowest BCUT2D eigenvalue weighted by Gasteiger charge is -2.07. The zero-order valence-corrected chi connectivity index (χ0v) is 7.19. The maximum absolute atomic E-state index is 10.6. The van der Waals surface area contributed by atoms with Crippen molar-refractivity contribution in [3.8, 4) is 0 Å². The average Bonchev–Trinajstić information content (AvgIpc) is 2.49. The number of aryl methyl sites for hydroxylation is 1. The molecule has 0 radical (unpaired) electrons. The Morgan fingerprint density at radius 1 is 1.83 bits per heavy atom. The molecule has 0 aliphatic rings. The molecule has 4 nitrogen and oxygen atoms in total. The van der Waals surface area contributed by atoms with E-state index in [1.54, 1.807) is 19.3 Å². The van der Waals surface area contributed by atoms with Crippen molar-refractivity contribution in [3.05, 3.63) is 18.2 Å². The van der Waals surface area contributed by atoms with Crippen molar-refractivity contribution >= 4 is 5.97 Å². The number of hydrogen-bond donors (Lipinski definition) is 1. The number of hydrogen-bond acceptors (Lipinski definition) is 2. The number of carboxylic acid groups (broad SMARTS) is 1. The van der Waals surface area contributed by atoms with Gasteiger partial charge in [0, 0.05) is 18.9 Å². The van der Waals surface area contributed by atoms with Gasteiger partial charge in [-0.2, -0.15) is 0 Å². The molecule has 0 bridgehead atoms. The summed E-state index contributed by atoms with van der Waals surface area (Å²) in [6.45, 7) is 4.35. The molecule has 0 spiro atoms. The summed E-state index contributed by atoms with van der Waals surface area (Å²) in [6.07, 6.45) is 3.41. The van der Waals surface area contributed by atoms with E-state index in [4.69, 9.17) is 5.11 Å². The number of aliphatic carboxylic acids is 1. The first-order valence-electron chi connectivity index (χ1n) is 3.90. The molecule has 0 aliphatic heterocycles. The highest BCUT2D eigenvalue weighted by atomic mass is 16.4. The highest BCUT2D eigenvalue weighted by Crippen LogP contribution is 2.12. The van der Waals surface area contributed by atoms with E-state index in [1.165, 1.54) is 0 Å². The van der Waals surface area contributed by atoms with Crippen LogP contribution in [0.4, 0.5) is 0 Å². The molecule has 1 N–H and O–H groups in total. The normalized spacial score (nSPS) is 12.8. The molecular weight excluding hydrogens is 156 g/mol. The van der Waals surface area contributed by atoms with Crippen LogP contribution < -0.4 is 0 Å². The molecule has 0 amide bonds. The van der Waals surface area contributed by atoms with Gasteiger partial charge in [-0.3, -0.25) is 4.79 Å². The number of imidazole rings is 1. The van der Waals surface area contributed by atoms with E-state index in [-0.39, 0.29) is 0 Å². The van der Waals surface area contributed by atoms with E-state index in [1.807, 2.05) is 11.5 Å². The minimum absolute atomic E-state index is 0.528. The molecule has 12 heavy (non-hydrogen) atoms. The third-order valence-corrected chi connectivity index (χ3v) is 1.85. The number of nitrogens with zero attached hydrogens (tertiary/aromatic N) is 2. The van der Waals surface area contributed by atoms with Gasteiger partial charge in [0.15, 0.2) is 0 Å². The Morgan fingerprint density at radius 2 is 2.50 bits per heavy atom. The van der Waals surface area contributed by atoms with Crippen LogP contribution in [0.3, 0.4) is 0 Å². The number of carboxylic acids is 1. The monoisotopic (exact) mass is 168 g/mol. The van der Waals surface area contributed by atoms with Crippen molar-refractivity contribution < 1.29 is 9.90 Å². The van der Waals surface area contributed by atoms with Crippen LogP contribution in [0.25, 0.3) is 0 Å². The third-order valence-electron chi connectivity index (χ3n) is 1.85. The van der Waals surface area contributed by atoms with Crippen LogP contribution in [0.1, 0.15) is 25.6 Å². The standard InChI is InChI=1S/C8H12N2O2/c1-3-10-5-4-9-7(10)6(2)8(11)12/h4-6H,3H2,1-2H3,(H,11,12). The van der Waals surface area contributed by atoms with Crippen molar-refractivity contribution in [1.82, 2.24) is 9.55 Å². The highest BCUT2D eigenvalue weighted by Gasteiger charge is 2.17. The zero-order chi connectivity index (χ0) is 9.14. The summed E-state index contributed by atoms with van der Waals surface area (Å²) in [5.41, 5.74) is 0. The van der Waals surface area contributed by atoms with Crippen LogP contribution >= 0.6 is 0 Å². The minimum atomic E-state index is -0.837. The van der Waals surface area contributed by atoms with Gasteiger partial charge in [-0.15, -0.1) is 0 Å². The molecule has 1 atom stereocenters. The Hall–Kier alpha value is -1.32. The van der Waals surface area contributed by atoms with E-state index in [0.717, 1.165) is 6.54 Å². The van der Waals surface area contributed by atoms with Crippen molar-refractivity contribution in [1.29, 1.82) is 0 Å². The van der Waals surface area contributed by atoms with Crippen molar-refractivity contribution in [2.45, 2.75) is 26.3 Å². The summed E-state index contributed by atoms with van der Waals surface area (Å²) >= 11 is 0. The van der Waals surface area contributed by atoms with Gasteiger partial charge in [0.1, 0.15) is 11.7 Å². The Balaban J connectivity index is 2.93. The lowest BCUT2D eigenvalue weighted by atomic mass is 10.2. The second-order valence-corrected chi connectivity index (χ2v) is 2.63. The van der Waals surface area contributed by atoms with Crippen LogP contribution in [-0.2, 0) is 11.3 Å². The maximum atomic E-state index is 10.6.